The Bertz CT molecular complexity index is 449. The zero-order valence-corrected chi connectivity index (χ0v) is 13.0. The van der Waals surface area contributed by atoms with Crippen molar-refractivity contribution in [2.24, 2.45) is 10.4 Å². The number of nitrogens with zero attached hydrogens (tertiary/aromatic N) is 1. The molecule has 1 aliphatic carbocycles. The number of rotatable bonds is 4. The first-order chi connectivity index (χ1) is 9.76. The summed E-state index contributed by atoms with van der Waals surface area (Å²) in [6, 6.07) is 4.45. The highest BCUT2D eigenvalue weighted by molar-refractivity contribution is 8.13. The van der Waals surface area contributed by atoms with Gasteiger partial charge in [0.2, 0.25) is 0 Å². The summed E-state index contributed by atoms with van der Waals surface area (Å²) in [5.41, 5.74) is 0.535. The third-order valence-corrected chi connectivity index (χ3v) is 5.79. The highest BCUT2D eigenvalue weighted by atomic mass is 32.2. The summed E-state index contributed by atoms with van der Waals surface area (Å²) >= 11 is 1.93. The molecule has 3 rings (SSSR count). The van der Waals surface area contributed by atoms with Gasteiger partial charge in [0.15, 0.2) is 5.17 Å². The largest absolute Gasteiger partial charge is 0.469 e. The van der Waals surface area contributed by atoms with Crippen molar-refractivity contribution in [3.05, 3.63) is 24.2 Å². The molecule has 20 heavy (non-hydrogen) atoms. The van der Waals surface area contributed by atoms with Crippen LogP contribution < -0.4 is 5.32 Å². The fourth-order valence-corrected chi connectivity index (χ4v) is 4.43. The molecule has 1 saturated carbocycles. The first kappa shape index (κ1) is 14.1. The second-order valence-corrected chi connectivity index (χ2v) is 7.24. The Balaban J connectivity index is 1.45. The van der Waals surface area contributed by atoms with Gasteiger partial charge in [0.1, 0.15) is 5.76 Å². The molecular formula is C16H24N2OS. The van der Waals surface area contributed by atoms with Gasteiger partial charge in [-0.05, 0) is 43.7 Å². The van der Waals surface area contributed by atoms with E-state index in [1.54, 1.807) is 6.26 Å². The normalized spacial score (nSPS) is 22.8. The van der Waals surface area contributed by atoms with Gasteiger partial charge in [-0.1, -0.05) is 24.6 Å². The van der Waals surface area contributed by atoms with E-state index in [-0.39, 0.29) is 0 Å². The standard InChI is InChI=1S/C16H24N2OS/c1-13(6-7-14-5-4-10-19-14)18-15-17-11-16(12-20-15)8-2-3-9-16/h4-5,10,13H,2-3,6-9,11-12H2,1H3,(H,17,18). The van der Waals surface area contributed by atoms with Crippen LogP contribution in [0.2, 0.25) is 0 Å². The molecule has 1 aromatic rings. The van der Waals surface area contributed by atoms with Crippen molar-refractivity contribution >= 4 is 16.9 Å². The predicted molar refractivity (Wildman–Crippen MR) is 85.3 cm³/mol. The number of amidine groups is 1. The number of hydrogen-bond acceptors (Lipinski definition) is 4. The lowest BCUT2D eigenvalue weighted by atomic mass is 9.89. The molecule has 1 unspecified atom stereocenters. The molecular weight excluding hydrogens is 268 g/mol. The van der Waals surface area contributed by atoms with E-state index in [4.69, 9.17) is 9.41 Å². The third kappa shape index (κ3) is 3.40. The maximum absolute atomic E-state index is 5.37. The summed E-state index contributed by atoms with van der Waals surface area (Å²) in [4.78, 5) is 4.79. The summed E-state index contributed by atoms with van der Waals surface area (Å²) in [5, 5.41) is 4.71. The van der Waals surface area contributed by atoms with Gasteiger partial charge in [0.05, 0.1) is 6.26 Å². The third-order valence-electron chi connectivity index (χ3n) is 4.51. The molecule has 0 amide bonds. The van der Waals surface area contributed by atoms with Crippen molar-refractivity contribution < 1.29 is 4.42 Å². The highest BCUT2D eigenvalue weighted by Crippen LogP contribution is 2.43. The molecule has 1 aliphatic heterocycles. The van der Waals surface area contributed by atoms with Crippen molar-refractivity contribution in [1.82, 2.24) is 5.32 Å². The van der Waals surface area contributed by atoms with Crippen LogP contribution in [0.1, 0.15) is 44.8 Å². The van der Waals surface area contributed by atoms with Crippen LogP contribution in [0.4, 0.5) is 0 Å². The van der Waals surface area contributed by atoms with Crippen molar-refractivity contribution in [3.8, 4) is 0 Å². The summed E-state index contributed by atoms with van der Waals surface area (Å²) in [7, 11) is 0. The van der Waals surface area contributed by atoms with Gasteiger partial charge in [0.25, 0.3) is 0 Å². The predicted octanol–water partition coefficient (Wildman–Crippen LogP) is 3.85. The van der Waals surface area contributed by atoms with E-state index in [1.807, 2.05) is 23.9 Å². The van der Waals surface area contributed by atoms with Crippen molar-refractivity contribution in [3.63, 3.8) is 0 Å². The Hall–Kier alpha value is -0.900. The van der Waals surface area contributed by atoms with Crippen LogP contribution in [0.3, 0.4) is 0 Å². The van der Waals surface area contributed by atoms with Crippen molar-refractivity contribution in [1.29, 1.82) is 0 Å². The maximum atomic E-state index is 5.37. The number of aliphatic imine (C=N–C) groups is 1. The Labute approximate surface area is 125 Å². The zero-order chi connectivity index (χ0) is 13.8. The SMILES string of the molecule is CC(CCc1ccco1)NC1=NCC2(CCCC2)CS1. The summed E-state index contributed by atoms with van der Waals surface area (Å²) < 4.78 is 5.37. The van der Waals surface area contributed by atoms with Gasteiger partial charge >= 0.3 is 0 Å². The van der Waals surface area contributed by atoms with Crippen LogP contribution >= 0.6 is 11.8 Å². The molecule has 2 heterocycles. The molecule has 4 heteroatoms. The quantitative estimate of drug-likeness (QED) is 0.916. The molecule has 0 saturated heterocycles. The van der Waals surface area contributed by atoms with Gasteiger partial charge in [-0.25, -0.2) is 0 Å². The molecule has 1 aromatic heterocycles. The molecule has 0 bridgehead atoms. The lowest BCUT2D eigenvalue weighted by Gasteiger charge is -2.31. The van der Waals surface area contributed by atoms with Crippen molar-refractivity contribution in [2.75, 3.05) is 12.3 Å². The van der Waals surface area contributed by atoms with Gasteiger partial charge in [-0.15, -0.1) is 0 Å². The minimum atomic E-state index is 0.448. The summed E-state index contributed by atoms with van der Waals surface area (Å²) in [6.07, 6.45) is 9.38. The van der Waals surface area contributed by atoms with E-state index >= 15 is 0 Å². The first-order valence-corrected chi connectivity index (χ1v) is 8.71. The number of aryl methyl sites for hydroxylation is 1. The molecule has 2 aliphatic rings. The molecule has 0 radical (unpaired) electrons. The Morgan fingerprint density at radius 1 is 1.45 bits per heavy atom. The fourth-order valence-electron chi connectivity index (χ4n) is 3.16. The smallest absolute Gasteiger partial charge is 0.156 e. The van der Waals surface area contributed by atoms with Gasteiger partial charge in [-0.3, -0.25) is 4.99 Å². The average molecular weight is 292 g/mol. The minimum Gasteiger partial charge on any atom is -0.469 e. The number of hydrogen-bond donors (Lipinski definition) is 1. The molecule has 3 nitrogen and oxygen atoms in total. The molecule has 1 atom stereocenters. The van der Waals surface area contributed by atoms with Crippen LogP contribution in [-0.4, -0.2) is 23.5 Å². The monoisotopic (exact) mass is 292 g/mol. The number of nitrogens with one attached hydrogen (secondary N) is 1. The van der Waals surface area contributed by atoms with Crippen LogP contribution in [0.25, 0.3) is 0 Å². The minimum absolute atomic E-state index is 0.448. The van der Waals surface area contributed by atoms with E-state index < -0.39 is 0 Å². The average Bonchev–Trinajstić information content (AvgIpc) is 3.12. The van der Waals surface area contributed by atoms with Crippen molar-refractivity contribution in [2.45, 2.75) is 51.5 Å². The highest BCUT2D eigenvalue weighted by Gasteiger charge is 2.36. The van der Waals surface area contributed by atoms with E-state index in [9.17, 15) is 0 Å². The second kappa shape index (κ2) is 6.25. The Morgan fingerprint density at radius 3 is 2.95 bits per heavy atom. The maximum Gasteiger partial charge on any atom is 0.156 e. The lowest BCUT2D eigenvalue weighted by molar-refractivity contribution is 0.358. The van der Waals surface area contributed by atoms with Gasteiger partial charge in [0, 0.05) is 24.8 Å². The first-order valence-electron chi connectivity index (χ1n) is 7.72. The molecule has 0 aromatic carbocycles. The lowest BCUT2D eigenvalue weighted by Crippen LogP contribution is -2.37. The molecule has 1 spiro atoms. The Kier molecular flexibility index (Phi) is 4.39. The number of thioether (sulfide) groups is 1. The van der Waals surface area contributed by atoms with Crippen LogP contribution in [0, 0.1) is 5.41 Å². The molecule has 1 fully saturated rings. The summed E-state index contributed by atoms with van der Waals surface area (Å²) in [5.74, 6) is 2.32. The van der Waals surface area contributed by atoms with E-state index in [2.05, 4.69) is 12.2 Å². The van der Waals surface area contributed by atoms with Crippen LogP contribution in [0.15, 0.2) is 27.8 Å². The molecule has 110 valence electrons. The summed E-state index contributed by atoms with van der Waals surface area (Å²) in [6.45, 7) is 3.26. The number of furan rings is 1. The van der Waals surface area contributed by atoms with Crippen LogP contribution in [0.5, 0.6) is 0 Å². The van der Waals surface area contributed by atoms with E-state index in [0.717, 1.165) is 30.3 Å². The Morgan fingerprint density at radius 2 is 2.30 bits per heavy atom. The van der Waals surface area contributed by atoms with E-state index in [0.29, 0.717) is 11.5 Å². The molecule has 1 N–H and O–H groups in total. The van der Waals surface area contributed by atoms with E-state index in [1.165, 1.54) is 31.4 Å². The van der Waals surface area contributed by atoms with Gasteiger partial charge < -0.3 is 9.73 Å². The topological polar surface area (TPSA) is 37.5 Å². The zero-order valence-electron chi connectivity index (χ0n) is 12.2. The second-order valence-electron chi connectivity index (χ2n) is 6.28. The van der Waals surface area contributed by atoms with Gasteiger partial charge in [-0.2, -0.15) is 0 Å². The van der Waals surface area contributed by atoms with Crippen LogP contribution in [-0.2, 0) is 6.42 Å². The fraction of sp³-hybridized carbons (Fsp3) is 0.688.